The Hall–Kier alpha value is -2.11. The van der Waals surface area contributed by atoms with Crippen molar-refractivity contribution in [3.63, 3.8) is 0 Å². The SMILES string of the molecule is COc1cc(-c2cc(C)c(=O)n(C)c2)ccc1CN1CC2C1CN2C. The van der Waals surface area contributed by atoms with Crippen molar-refractivity contribution < 1.29 is 4.74 Å². The van der Waals surface area contributed by atoms with Crippen molar-refractivity contribution >= 4 is 0 Å². The molecule has 0 N–H and O–H groups in total. The number of piperazine rings is 1. The van der Waals surface area contributed by atoms with Gasteiger partial charge in [-0.2, -0.15) is 0 Å². The summed E-state index contributed by atoms with van der Waals surface area (Å²) in [6.07, 6.45) is 1.88. The molecule has 0 spiro atoms. The first-order valence-electron chi connectivity index (χ1n) is 8.77. The van der Waals surface area contributed by atoms with Gasteiger partial charge in [-0.15, -0.1) is 0 Å². The molecule has 0 bridgehead atoms. The van der Waals surface area contributed by atoms with E-state index >= 15 is 0 Å². The molecule has 5 heteroatoms. The van der Waals surface area contributed by atoms with Crippen LogP contribution in [0.15, 0.2) is 35.3 Å². The maximum Gasteiger partial charge on any atom is 0.253 e. The van der Waals surface area contributed by atoms with Gasteiger partial charge in [0, 0.05) is 56.1 Å². The zero-order chi connectivity index (χ0) is 17.7. The lowest BCUT2D eigenvalue weighted by molar-refractivity contribution is -0.115. The Kier molecular flexibility index (Phi) is 3.93. The minimum atomic E-state index is 0.0464. The highest BCUT2D eigenvalue weighted by Crippen LogP contribution is 2.35. The molecule has 0 radical (unpaired) electrons. The van der Waals surface area contributed by atoms with Crippen LogP contribution in [0.2, 0.25) is 0 Å². The average molecular weight is 339 g/mol. The van der Waals surface area contributed by atoms with Crippen LogP contribution in [-0.2, 0) is 13.6 Å². The van der Waals surface area contributed by atoms with E-state index in [1.165, 1.54) is 12.1 Å². The van der Waals surface area contributed by atoms with Gasteiger partial charge in [0.25, 0.3) is 5.56 Å². The summed E-state index contributed by atoms with van der Waals surface area (Å²) < 4.78 is 7.29. The molecule has 1 aromatic heterocycles. The van der Waals surface area contributed by atoms with E-state index in [0.717, 1.165) is 41.6 Å². The Morgan fingerprint density at radius 3 is 2.52 bits per heavy atom. The van der Waals surface area contributed by atoms with Crippen LogP contribution in [0, 0.1) is 6.92 Å². The molecule has 3 heterocycles. The Balaban J connectivity index is 1.59. The Bertz CT molecular complexity index is 847. The molecule has 0 saturated carbocycles. The number of pyridine rings is 1. The van der Waals surface area contributed by atoms with E-state index < -0.39 is 0 Å². The van der Waals surface area contributed by atoms with Gasteiger partial charge in [0.15, 0.2) is 0 Å². The second kappa shape index (κ2) is 6.00. The van der Waals surface area contributed by atoms with Gasteiger partial charge in [-0.25, -0.2) is 0 Å². The van der Waals surface area contributed by atoms with E-state index in [2.05, 4.69) is 35.0 Å². The van der Waals surface area contributed by atoms with Crippen molar-refractivity contribution in [1.29, 1.82) is 0 Å². The zero-order valence-corrected chi connectivity index (χ0v) is 15.3. The van der Waals surface area contributed by atoms with Crippen molar-refractivity contribution in [3.8, 4) is 16.9 Å². The smallest absolute Gasteiger partial charge is 0.253 e. The molecule has 2 atom stereocenters. The molecule has 0 amide bonds. The predicted molar refractivity (Wildman–Crippen MR) is 99.0 cm³/mol. The Morgan fingerprint density at radius 2 is 1.92 bits per heavy atom. The van der Waals surface area contributed by atoms with E-state index in [4.69, 9.17) is 4.74 Å². The molecule has 4 rings (SSSR count). The van der Waals surface area contributed by atoms with Gasteiger partial charge in [-0.3, -0.25) is 14.6 Å². The van der Waals surface area contributed by atoms with Gasteiger partial charge >= 0.3 is 0 Å². The van der Waals surface area contributed by atoms with Crippen LogP contribution < -0.4 is 10.3 Å². The minimum Gasteiger partial charge on any atom is -0.496 e. The minimum absolute atomic E-state index is 0.0464. The monoisotopic (exact) mass is 339 g/mol. The molecule has 132 valence electrons. The number of aryl methyl sites for hydroxylation is 2. The summed E-state index contributed by atoms with van der Waals surface area (Å²) in [6, 6.07) is 9.77. The summed E-state index contributed by atoms with van der Waals surface area (Å²) in [5, 5.41) is 0. The van der Waals surface area contributed by atoms with Gasteiger partial charge < -0.3 is 9.30 Å². The quantitative estimate of drug-likeness (QED) is 0.852. The number of aromatic nitrogens is 1. The lowest BCUT2D eigenvalue weighted by Crippen LogP contribution is -2.77. The van der Waals surface area contributed by atoms with Crippen molar-refractivity contribution in [2.45, 2.75) is 25.6 Å². The molecule has 2 aromatic rings. The molecule has 2 aliphatic heterocycles. The highest BCUT2D eigenvalue weighted by Gasteiger charge is 2.49. The van der Waals surface area contributed by atoms with Gasteiger partial charge in [-0.1, -0.05) is 12.1 Å². The zero-order valence-electron chi connectivity index (χ0n) is 15.3. The third kappa shape index (κ3) is 2.68. The van der Waals surface area contributed by atoms with Crippen LogP contribution in [0.4, 0.5) is 0 Å². The molecular formula is C20H25N3O2. The number of likely N-dealkylation sites (N-methyl/N-ethyl adjacent to an activating group) is 1. The molecule has 5 nitrogen and oxygen atoms in total. The molecule has 2 saturated heterocycles. The first-order chi connectivity index (χ1) is 12.0. The topological polar surface area (TPSA) is 37.7 Å². The number of hydrogen-bond acceptors (Lipinski definition) is 4. The number of methoxy groups -OCH3 is 1. The van der Waals surface area contributed by atoms with E-state index in [-0.39, 0.29) is 5.56 Å². The number of nitrogens with zero attached hydrogens (tertiary/aromatic N) is 3. The Morgan fingerprint density at radius 1 is 1.12 bits per heavy atom. The van der Waals surface area contributed by atoms with Crippen LogP contribution in [0.3, 0.4) is 0 Å². The molecule has 2 aliphatic rings. The van der Waals surface area contributed by atoms with Crippen molar-refractivity contribution in [3.05, 3.63) is 51.9 Å². The van der Waals surface area contributed by atoms with Gasteiger partial charge in [-0.05, 0) is 37.2 Å². The third-order valence-corrected chi connectivity index (χ3v) is 5.73. The summed E-state index contributed by atoms with van der Waals surface area (Å²) in [5.41, 5.74) is 4.13. The number of ether oxygens (including phenoxy) is 1. The second-order valence-corrected chi connectivity index (χ2v) is 7.36. The fourth-order valence-corrected chi connectivity index (χ4v) is 4.06. The van der Waals surface area contributed by atoms with E-state index in [1.54, 1.807) is 18.7 Å². The summed E-state index contributed by atoms with van der Waals surface area (Å²) in [6.45, 7) is 5.10. The normalized spacial score (nSPS) is 22.9. The molecule has 1 aromatic carbocycles. The van der Waals surface area contributed by atoms with Crippen LogP contribution in [0.25, 0.3) is 11.1 Å². The fraction of sp³-hybridized carbons (Fsp3) is 0.450. The van der Waals surface area contributed by atoms with Gasteiger partial charge in [0.2, 0.25) is 0 Å². The highest BCUT2D eigenvalue weighted by molar-refractivity contribution is 5.66. The van der Waals surface area contributed by atoms with Crippen LogP contribution >= 0.6 is 0 Å². The average Bonchev–Trinajstić information content (AvgIpc) is 2.60. The first kappa shape index (κ1) is 16.4. The number of rotatable bonds is 4. The standard InChI is InChI=1S/C20H25N3O2/c1-13-7-16(9-22(3)20(13)24)14-5-6-15(19(8-14)25-4)10-23-12-17-18(23)11-21(17)2/h5-9,17-18H,10-12H2,1-4H3. The molecular weight excluding hydrogens is 314 g/mol. The number of hydrogen-bond donors (Lipinski definition) is 0. The summed E-state index contributed by atoms with van der Waals surface area (Å²) >= 11 is 0. The summed E-state index contributed by atoms with van der Waals surface area (Å²) in [5.74, 6) is 0.917. The third-order valence-electron chi connectivity index (χ3n) is 5.73. The van der Waals surface area contributed by atoms with Gasteiger partial charge in [0.1, 0.15) is 5.75 Å². The van der Waals surface area contributed by atoms with E-state index in [0.29, 0.717) is 6.04 Å². The Labute approximate surface area is 148 Å². The lowest BCUT2D eigenvalue weighted by atomic mass is 9.86. The molecule has 2 fully saturated rings. The fourth-order valence-electron chi connectivity index (χ4n) is 4.06. The number of benzene rings is 1. The molecule has 2 unspecified atom stereocenters. The maximum atomic E-state index is 11.9. The number of fused-ring (bicyclic) bond motifs is 1. The predicted octanol–water partition coefficient (Wildman–Crippen LogP) is 1.87. The maximum absolute atomic E-state index is 11.9. The van der Waals surface area contributed by atoms with Crippen LogP contribution in [0.5, 0.6) is 5.75 Å². The molecule has 25 heavy (non-hydrogen) atoms. The second-order valence-electron chi connectivity index (χ2n) is 7.36. The first-order valence-corrected chi connectivity index (χ1v) is 8.77. The summed E-state index contributed by atoms with van der Waals surface area (Å²) in [7, 11) is 5.72. The summed E-state index contributed by atoms with van der Waals surface area (Å²) in [4.78, 5) is 16.9. The van der Waals surface area contributed by atoms with Crippen molar-refractivity contribution in [2.75, 3.05) is 27.2 Å². The number of likely N-dealkylation sites (tertiary alicyclic amines) is 2. The lowest BCUT2D eigenvalue weighted by Gasteiger charge is -2.61. The van der Waals surface area contributed by atoms with E-state index in [1.807, 2.05) is 19.2 Å². The largest absolute Gasteiger partial charge is 0.496 e. The van der Waals surface area contributed by atoms with Gasteiger partial charge in [0.05, 0.1) is 7.11 Å². The van der Waals surface area contributed by atoms with Crippen LogP contribution in [-0.4, -0.2) is 53.7 Å². The van der Waals surface area contributed by atoms with E-state index in [9.17, 15) is 4.79 Å². The molecule has 0 aliphatic carbocycles. The van der Waals surface area contributed by atoms with Crippen molar-refractivity contribution in [2.24, 2.45) is 7.05 Å². The van der Waals surface area contributed by atoms with Crippen molar-refractivity contribution in [1.82, 2.24) is 14.4 Å². The van der Waals surface area contributed by atoms with Crippen LogP contribution in [0.1, 0.15) is 11.1 Å². The highest BCUT2D eigenvalue weighted by atomic mass is 16.5.